The van der Waals surface area contributed by atoms with Gasteiger partial charge < -0.3 is 15.6 Å². The van der Waals surface area contributed by atoms with E-state index in [1.165, 1.54) is 19.2 Å². The van der Waals surface area contributed by atoms with Gasteiger partial charge in [-0.05, 0) is 12.1 Å². The molecule has 0 heterocycles. The molecule has 1 rings (SSSR count). The van der Waals surface area contributed by atoms with Gasteiger partial charge in [-0.25, -0.2) is 0 Å². The maximum atomic E-state index is 11.2. The summed E-state index contributed by atoms with van der Waals surface area (Å²) < 4.78 is 4.44. The Labute approximate surface area is 96.5 Å². The first-order valence-electron chi connectivity index (χ1n) is 3.98. The number of hydrogen-bond donors (Lipinski definition) is 2. The Morgan fingerprint density at radius 3 is 2.60 bits per heavy atom. The second-order valence-corrected chi connectivity index (χ2v) is 3.66. The Kier molecular flexibility index (Phi) is 3.79. The van der Waals surface area contributed by atoms with E-state index in [0.29, 0.717) is 0 Å². The van der Waals surface area contributed by atoms with Crippen LogP contribution in [-0.4, -0.2) is 18.2 Å². The fraction of sp³-hybridized carbons (Fsp3) is 0.222. The molecular weight excluding hydrogens is 241 g/mol. The SMILES string of the molecule is COC(=O)[C@@H](N)c1c(O)cc(Cl)cc1Cl. The van der Waals surface area contributed by atoms with E-state index < -0.39 is 12.0 Å². The number of halogens is 2. The molecule has 0 amide bonds. The Balaban J connectivity index is 3.19. The van der Waals surface area contributed by atoms with Crippen molar-refractivity contribution in [2.24, 2.45) is 5.73 Å². The number of ether oxygens (including phenoxy) is 1. The molecule has 0 saturated carbocycles. The van der Waals surface area contributed by atoms with Crippen molar-refractivity contribution in [3.63, 3.8) is 0 Å². The topological polar surface area (TPSA) is 72.5 Å². The smallest absolute Gasteiger partial charge is 0.327 e. The molecule has 4 nitrogen and oxygen atoms in total. The third-order valence-corrected chi connectivity index (χ3v) is 2.37. The molecule has 0 saturated heterocycles. The van der Waals surface area contributed by atoms with E-state index in [1.54, 1.807) is 0 Å². The average Bonchev–Trinajstić information content (AvgIpc) is 2.14. The minimum atomic E-state index is -1.13. The fourth-order valence-electron chi connectivity index (χ4n) is 1.12. The van der Waals surface area contributed by atoms with Crippen molar-refractivity contribution in [3.8, 4) is 5.75 Å². The molecule has 82 valence electrons. The van der Waals surface area contributed by atoms with Crippen LogP contribution >= 0.6 is 23.2 Å². The lowest BCUT2D eigenvalue weighted by atomic mass is 10.1. The molecule has 0 aliphatic heterocycles. The molecule has 1 aromatic carbocycles. The molecule has 0 fully saturated rings. The summed E-state index contributed by atoms with van der Waals surface area (Å²) in [5.74, 6) is -0.917. The van der Waals surface area contributed by atoms with Crippen LogP contribution in [0.1, 0.15) is 11.6 Å². The van der Waals surface area contributed by atoms with E-state index in [1.807, 2.05) is 0 Å². The Hall–Kier alpha value is -0.970. The molecule has 1 aromatic rings. The summed E-state index contributed by atoms with van der Waals surface area (Å²) in [5.41, 5.74) is 5.64. The van der Waals surface area contributed by atoms with Gasteiger partial charge >= 0.3 is 5.97 Å². The largest absolute Gasteiger partial charge is 0.507 e. The van der Waals surface area contributed by atoms with Crippen molar-refractivity contribution >= 4 is 29.2 Å². The lowest BCUT2D eigenvalue weighted by Crippen LogP contribution is -2.23. The Bertz CT molecular complexity index is 372. The summed E-state index contributed by atoms with van der Waals surface area (Å²) in [4.78, 5) is 11.2. The summed E-state index contributed by atoms with van der Waals surface area (Å²) in [6.45, 7) is 0. The second kappa shape index (κ2) is 4.70. The molecule has 0 spiro atoms. The Morgan fingerprint density at radius 1 is 1.53 bits per heavy atom. The van der Waals surface area contributed by atoms with E-state index in [2.05, 4.69) is 4.74 Å². The van der Waals surface area contributed by atoms with E-state index in [0.717, 1.165) is 0 Å². The van der Waals surface area contributed by atoms with Crippen LogP contribution in [0.25, 0.3) is 0 Å². The summed E-state index contributed by atoms with van der Waals surface area (Å²) >= 11 is 11.4. The lowest BCUT2D eigenvalue weighted by Gasteiger charge is -2.13. The van der Waals surface area contributed by atoms with Crippen LogP contribution in [-0.2, 0) is 9.53 Å². The minimum absolute atomic E-state index is 0.105. The van der Waals surface area contributed by atoms with Gasteiger partial charge in [0.25, 0.3) is 0 Å². The van der Waals surface area contributed by atoms with Crippen molar-refractivity contribution in [1.29, 1.82) is 0 Å². The van der Waals surface area contributed by atoms with Crippen LogP contribution in [0.15, 0.2) is 12.1 Å². The number of esters is 1. The predicted octanol–water partition coefficient (Wildman–Crippen LogP) is 1.87. The summed E-state index contributed by atoms with van der Waals surface area (Å²) in [5, 5.41) is 9.92. The summed E-state index contributed by atoms with van der Waals surface area (Å²) in [6, 6.07) is 1.52. The van der Waals surface area contributed by atoms with Gasteiger partial charge in [0, 0.05) is 10.6 Å². The zero-order chi connectivity index (χ0) is 11.6. The number of aromatic hydroxyl groups is 1. The number of phenolic OH excluding ortho intramolecular Hbond substituents is 1. The number of rotatable bonds is 2. The highest BCUT2D eigenvalue weighted by Crippen LogP contribution is 2.34. The fourth-order valence-corrected chi connectivity index (χ4v) is 1.72. The van der Waals surface area contributed by atoms with Crippen molar-refractivity contribution in [2.45, 2.75) is 6.04 Å². The van der Waals surface area contributed by atoms with Crippen LogP contribution in [0.4, 0.5) is 0 Å². The van der Waals surface area contributed by atoms with Crippen molar-refractivity contribution < 1.29 is 14.6 Å². The second-order valence-electron chi connectivity index (χ2n) is 2.82. The minimum Gasteiger partial charge on any atom is -0.507 e. The number of nitrogens with two attached hydrogens (primary N) is 1. The van der Waals surface area contributed by atoms with Gasteiger partial charge in [-0.3, -0.25) is 4.79 Å². The molecule has 1 atom stereocenters. The van der Waals surface area contributed by atoms with Gasteiger partial charge in [-0.2, -0.15) is 0 Å². The molecule has 3 N–H and O–H groups in total. The quantitative estimate of drug-likeness (QED) is 0.786. The van der Waals surface area contributed by atoms with Gasteiger partial charge in [-0.1, -0.05) is 23.2 Å². The van der Waals surface area contributed by atoms with Gasteiger partial charge in [0.15, 0.2) is 0 Å². The number of carbonyl (C=O) groups is 1. The molecule has 0 aliphatic carbocycles. The first kappa shape index (κ1) is 12.1. The molecule has 0 aliphatic rings. The van der Waals surface area contributed by atoms with Crippen LogP contribution in [0.5, 0.6) is 5.75 Å². The highest BCUT2D eigenvalue weighted by atomic mass is 35.5. The van der Waals surface area contributed by atoms with Gasteiger partial charge in [0.2, 0.25) is 0 Å². The molecule has 0 radical (unpaired) electrons. The summed E-state index contributed by atoms with van der Waals surface area (Å²) in [7, 11) is 1.20. The molecule has 0 aromatic heterocycles. The molecule has 6 heteroatoms. The third kappa shape index (κ3) is 2.53. The molecular formula is C9H9Cl2NO3. The van der Waals surface area contributed by atoms with Crippen LogP contribution in [0.3, 0.4) is 0 Å². The first-order chi connectivity index (χ1) is 6.97. The number of carbonyl (C=O) groups excluding carboxylic acids is 1. The molecule has 15 heavy (non-hydrogen) atoms. The number of phenols is 1. The number of hydrogen-bond acceptors (Lipinski definition) is 4. The highest BCUT2D eigenvalue weighted by molar-refractivity contribution is 6.35. The standard InChI is InChI=1S/C9H9Cl2NO3/c1-15-9(14)8(12)7-5(11)2-4(10)3-6(7)13/h2-3,8,13H,12H2,1H3/t8-/m0/s1. The Morgan fingerprint density at radius 2 is 2.13 bits per heavy atom. The van der Waals surface area contributed by atoms with Crippen molar-refractivity contribution in [3.05, 3.63) is 27.7 Å². The normalized spacial score (nSPS) is 12.3. The third-order valence-electron chi connectivity index (χ3n) is 1.84. The first-order valence-corrected chi connectivity index (χ1v) is 4.74. The average molecular weight is 250 g/mol. The maximum absolute atomic E-state index is 11.2. The summed E-state index contributed by atoms with van der Waals surface area (Å²) in [6.07, 6.45) is 0. The lowest BCUT2D eigenvalue weighted by molar-refractivity contribution is -0.142. The number of methoxy groups -OCH3 is 1. The van der Waals surface area contributed by atoms with Crippen LogP contribution in [0, 0.1) is 0 Å². The molecule has 0 bridgehead atoms. The number of benzene rings is 1. The van der Waals surface area contributed by atoms with Crippen LogP contribution in [0.2, 0.25) is 10.0 Å². The van der Waals surface area contributed by atoms with E-state index in [9.17, 15) is 9.90 Å². The molecule has 0 unspecified atom stereocenters. The van der Waals surface area contributed by atoms with Crippen molar-refractivity contribution in [2.75, 3.05) is 7.11 Å². The maximum Gasteiger partial charge on any atom is 0.327 e. The van der Waals surface area contributed by atoms with E-state index in [4.69, 9.17) is 28.9 Å². The zero-order valence-corrected chi connectivity index (χ0v) is 9.34. The van der Waals surface area contributed by atoms with E-state index in [-0.39, 0.29) is 21.4 Å². The van der Waals surface area contributed by atoms with Crippen LogP contribution < -0.4 is 5.73 Å². The zero-order valence-electron chi connectivity index (χ0n) is 7.83. The van der Waals surface area contributed by atoms with Gasteiger partial charge in [0.1, 0.15) is 11.8 Å². The monoisotopic (exact) mass is 249 g/mol. The van der Waals surface area contributed by atoms with E-state index >= 15 is 0 Å². The van der Waals surface area contributed by atoms with Gasteiger partial charge in [0.05, 0.1) is 12.1 Å². The predicted molar refractivity (Wildman–Crippen MR) is 57.1 cm³/mol. The highest BCUT2D eigenvalue weighted by Gasteiger charge is 2.23. The van der Waals surface area contributed by atoms with Crippen molar-refractivity contribution in [1.82, 2.24) is 0 Å². The van der Waals surface area contributed by atoms with Gasteiger partial charge in [-0.15, -0.1) is 0 Å².